The summed E-state index contributed by atoms with van der Waals surface area (Å²) >= 11 is 0. The lowest BCUT2D eigenvalue weighted by molar-refractivity contribution is -0.117. The highest BCUT2D eigenvalue weighted by atomic mass is 16.5. The first-order valence-electron chi connectivity index (χ1n) is 6.67. The molecule has 0 bridgehead atoms. The zero-order chi connectivity index (χ0) is 15.8. The van der Waals surface area contributed by atoms with Crippen molar-refractivity contribution in [3.8, 4) is 11.8 Å². The van der Waals surface area contributed by atoms with Crippen LogP contribution >= 0.6 is 0 Å². The first-order chi connectivity index (χ1) is 10.7. The van der Waals surface area contributed by atoms with Crippen LogP contribution in [-0.2, 0) is 11.3 Å². The second kappa shape index (κ2) is 7.60. The zero-order valence-electron chi connectivity index (χ0n) is 12.1. The fraction of sp³-hybridized carbons (Fsp3) is 0.118. The highest BCUT2D eigenvalue weighted by molar-refractivity contribution is 6.01. The minimum Gasteiger partial charge on any atom is -0.497 e. The Morgan fingerprint density at radius 2 is 2.09 bits per heavy atom. The van der Waals surface area contributed by atoms with Crippen molar-refractivity contribution in [3.05, 3.63) is 65.5 Å². The lowest BCUT2D eigenvalue weighted by Gasteiger charge is -2.04. The monoisotopic (exact) mass is 293 g/mol. The number of hydrogen-bond donors (Lipinski definition) is 1. The molecule has 0 fully saturated rings. The summed E-state index contributed by atoms with van der Waals surface area (Å²) in [6.07, 6.45) is 3.19. The molecule has 22 heavy (non-hydrogen) atoms. The molecule has 5 nitrogen and oxygen atoms in total. The molecule has 1 aromatic carbocycles. The summed E-state index contributed by atoms with van der Waals surface area (Å²) in [5.41, 5.74) is 1.53. The third-order valence-electron chi connectivity index (χ3n) is 2.95. The summed E-state index contributed by atoms with van der Waals surface area (Å²) in [6, 6.07) is 14.5. The molecule has 0 aliphatic rings. The van der Waals surface area contributed by atoms with Gasteiger partial charge in [-0.1, -0.05) is 18.2 Å². The van der Waals surface area contributed by atoms with Crippen LogP contribution in [0.25, 0.3) is 6.08 Å². The van der Waals surface area contributed by atoms with Crippen LogP contribution in [0.5, 0.6) is 5.75 Å². The van der Waals surface area contributed by atoms with E-state index in [4.69, 9.17) is 10.00 Å². The van der Waals surface area contributed by atoms with Crippen LogP contribution in [0, 0.1) is 11.3 Å². The van der Waals surface area contributed by atoms with Crippen molar-refractivity contribution in [2.45, 2.75) is 6.54 Å². The van der Waals surface area contributed by atoms with Gasteiger partial charge in [0.25, 0.3) is 5.91 Å². The van der Waals surface area contributed by atoms with Crippen LogP contribution in [-0.4, -0.2) is 18.0 Å². The molecule has 0 saturated heterocycles. The smallest absolute Gasteiger partial charge is 0.262 e. The van der Waals surface area contributed by atoms with E-state index in [0.29, 0.717) is 0 Å². The molecular weight excluding hydrogens is 278 g/mol. The van der Waals surface area contributed by atoms with Gasteiger partial charge in [0.2, 0.25) is 0 Å². The van der Waals surface area contributed by atoms with E-state index in [0.717, 1.165) is 17.0 Å². The van der Waals surface area contributed by atoms with Gasteiger partial charge in [-0.2, -0.15) is 5.26 Å². The molecule has 0 unspecified atom stereocenters. The lowest BCUT2D eigenvalue weighted by Crippen LogP contribution is -2.24. The Bertz CT molecular complexity index is 701. The number of ether oxygens (including phenoxy) is 1. The van der Waals surface area contributed by atoms with Crippen LogP contribution in [0.3, 0.4) is 0 Å². The number of hydrogen-bond acceptors (Lipinski definition) is 4. The maximum absolute atomic E-state index is 12.0. The molecule has 2 rings (SSSR count). The maximum Gasteiger partial charge on any atom is 0.262 e. The van der Waals surface area contributed by atoms with E-state index in [1.807, 2.05) is 12.1 Å². The summed E-state index contributed by atoms with van der Waals surface area (Å²) in [7, 11) is 1.58. The van der Waals surface area contributed by atoms with Gasteiger partial charge in [0.1, 0.15) is 17.4 Å². The maximum atomic E-state index is 12.0. The van der Waals surface area contributed by atoms with Crippen molar-refractivity contribution in [1.29, 1.82) is 5.26 Å². The van der Waals surface area contributed by atoms with Crippen molar-refractivity contribution < 1.29 is 9.53 Å². The molecule has 0 aliphatic heterocycles. The SMILES string of the molecule is COc1ccc(/C=C(\C#N)C(=O)NCc2ccccn2)cc1. The Kier molecular flexibility index (Phi) is 5.27. The molecule has 110 valence electrons. The standard InChI is InChI=1S/C17H15N3O2/c1-22-16-7-5-13(6-8-16)10-14(11-18)17(21)20-12-15-4-2-3-9-19-15/h2-10H,12H2,1H3,(H,20,21)/b14-10+. The molecule has 1 N–H and O–H groups in total. The third-order valence-corrected chi connectivity index (χ3v) is 2.95. The topological polar surface area (TPSA) is 75.0 Å². The van der Waals surface area contributed by atoms with Crippen molar-refractivity contribution in [3.63, 3.8) is 0 Å². The number of rotatable bonds is 5. The van der Waals surface area contributed by atoms with Gasteiger partial charge < -0.3 is 10.1 Å². The zero-order valence-corrected chi connectivity index (χ0v) is 12.1. The second-order valence-corrected chi connectivity index (χ2v) is 4.45. The predicted octanol–water partition coefficient (Wildman–Crippen LogP) is 2.31. The lowest BCUT2D eigenvalue weighted by atomic mass is 10.1. The number of nitrogens with zero attached hydrogens (tertiary/aromatic N) is 2. The highest BCUT2D eigenvalue weighted by Gasteiger charge is 2.08. The van der Waals surface area contributed by atoms with E-state index in [1.165, 1.54) is 6.08 Å². The van der Waals surface area contributed by atoms with Gasteiger partial charge >= 0.3 is 0 Å². The van der Waals surface area contributed by atoms with Crippen molar-refractivity contribution in [2.75, 3.05) is 7.11 Å². The number of pyridine rings is 1. The summed E-state index contributed by atoms with van der Waals surface area (Å²) in [4.78, 5) is 16.1. The number of nitrogens with one attached hydrogen (secondary N) is 1. The largest absolute Gasteiger partial charge is 0.497 e. The Morgan fingerprint density at radius 3 is 2.68 bits per heavy atom. The fourth-order valence-electron chi connectivity index (χ4n) is 1.78. The molecule has 1 heterocycles. The normalized spacial score (nSPS) is 10.6. The minimum atomic E-state index is -0.427. The average Bonchev–Trinajstić information content (AvgIpc) is 2.59. The van der Waals surface area contributed by atoms with E-state index in [2.05, 4.69) is 10.3 Å². The van der Waals surface area contributed by atoms with Crippen molar-refractivity contribution >= 4 is 12.0 Å². The quantitative estimate of drug-likeness (QED) is 0.678. The number of amides is 1. The van der Waals surface area contributed by atoms with Crippen LogP contribution in [0.15, 0.2) is 54.2 Å². The van der Waals surface area contributed by atoms with Gasteiger partial charge in [-0.25, -0.2) is 0 Å². The van der Waals surface area contributed by atoms with Gasteiger partial charge in [0.15, 0.2) is 0 Å². The fourth-order valence-corrected chi connectivity index (χ4v) is 1.78. The molecule has 1 amide bonds. The Morgan fingerprint density at radius 1 is 1.32 bits per heavy atom. The number of nitriles is 1. The van der Waals surface area contributed by atoms with Crippen LogP contribution in [0.1, 0.15) is 11.3 Å². The van der Waals surface area contributed by atoms with E-state index in [-0.39, 0.29) is 12.1 Å². The molecule has 5 heteroatoms. The summed E-state index contributed by atoms with van der Waals surface area (Å²) in [5, 5.41) is 11.8. The number of carbonyl (C=O) groups is 1. The molecule has 0 spiro atoms. The highest BCUT2D eigenvalue weighted by Crippen LogP contribution is 2.14. The van der Waals surface area contributed by atoms with Crippen LogP contribution < -0.4 is 10.1 Å². The number of benzene rings is 1. The van der Waals surface area contributed by atoms with Crippen LogP contribution in [0.2, 0.25) is 0 Å². The second-order valence-electron chi connectivity index (χ2n) is 4.45. The molecule has 0 aliphatic carbocycles. The first kappa shape index (κ1) is 15.3. The van der Waals surface area contributed by atoms with E-state index >= 15 is 0 Å². The van der Waals surface area contributed by atoms with Gasteiger partial charge in [-0.05, 0) is 35.9 Å². The van der Waals surface area contributed by atoms with Gasteiger partial charge in [-0.15, -0.1) is 0 Å². The molecular formula is C17H15N3O2. The molecule has 2 aromatic rings. The van der Waals surface area contributed by atoms with Crippen molar-refractivity contribution in [2.24, 2.45) is 0 Å². The number of carbonyl (C=O) groups excluding carboxylic acids is 1. The third kappa shape index (κ3) is 4.18. The molecule has 0 radical (unpaired) electrons. The van der Waals surface area contributed by atoms with E-state index in [1.54, 1.807) is 49.7 Å². The van der Waals surface area contributed by atoms with Gasteiger partial charge in [0, 0.05) is 6.20 Å². The number of methoxy groups -OCH3 is 1. The summed E-state index contributed by atoms with van der Waals surface area (Å²) < 4.78 is 5.06. The molecule has 1 aromatic heterocycles. The van der Waals surface area contributed by atoms with Gasteiger partial charge in [0.05, 0.1) is 19.3 Å². The molecule has 0 saturated carbocycles. The Hall–Kier alpha value is -3.13. The van der Waals surface area contributed by atoms with E-state index < -0.39 is 5.91 Å². The average molecular weight is 293 g/mol. The minimum absolute atomic E-state index is 0.0427. The Balaban J connectivity index is 2.04. The van der Waals surface area contributed by atoms with E-state index in [9.17, 15) is 4.79 Å². The predicted molar refractivity (Wildman–Crippen MR) is 82.7 cm³/mol. The Labute approximate surface area is 128 Å². The van der Waals surface area contributed by atoms with Gasteiger partial charge in [-0.3, -0.25) is 9.78 Å². The first-order valence-corrected chi connectivity index (χ1v) is 6.67. The summed E-state index contributed by atoms with van der Waals surface area (Å²) in [6.45, 7) is 0.279. The summed E-state index contributed by atoms with van der Waals surface area (Å²) in [5.74, 6) is 0.291. The number of aromatic nitrogens is 1. The van der Waals surface area contributed by atoms with Crippen LogP contribution in [0.4, 0.5) is 0 Å². The molecule has 0 atom stereocenters. The van der Waals surface area contributed by atoms with Crippen molar-refractivity contribution in [1.82, 2.24) is 10.3 Å².